The molecule has 3 rings (SSSR count). The normalized spacial score (nSPS) is 17.0. The Morgan fingerprint density at radius 2 is 1.88 bits per heavy atom. The average Bonchev–Trinajstić information content (AvgIpc) is 2.87. The van der Waals surface area contributed by atoms with Gasteiger partial charge in [0.25, 0.3) is 5.24 Å². The van der Waals surface area contributed by atoms with Crippen LogP contribution in [0.3, 0.4) is 0 Å². The number of imide groups is 1. The van der Waals surface area contributed by atoms with Crippen LogP contribution >= 0.6 is 11.8 Å². The van der Waals surface area contributed by atoms with Gasteiger partial charge in [0, 0.05) is 6.42 Å². The van der Waals surface area contributed by atoms with Crippen LogP contribution in [0.4, 0.5) is 4.79 Å². The van der Waals surface area contributed by atoms with E-state index in [-0.39, 0.29) is 16.4 Å². The molecule has 5 heteroatoms. The number of hydrogen-bond acceptors (Lipinski definition) is 4. The summed E-state index contributed by atoms with van der Waals surface area (Å²) >= 11 is 1.05. The van der Waals surface area contributed by atoms with Gasteiger partial charge in [-0.15, -0.1) is 0 Å². The average molecular weight is 341 g/mol. The van der Waals surface area contributed by atoms with Crippen molar-refractivity contribution in [3.05, 3.63) is 65.2 Å². The summed E-state index contributed by atoms with van der Waals surface area (Å²) in [6.45, 7) is 2.71. The van der Waals surface area contributed by atoms with Crippen LogP contribution in [0.2, 0.25) is 0 Å². The highest BCUT2D eigenvalue weighted by atomic mass is 32.2. The van der Waals surface area contributed by atoms with Gasteiger partial charge in [0.05, 0.1) is 11.9 Å². The molecule has 0 aromatic heterocycles. The molecule has 2 aromatic carbocycles. The van der Waals surface area contributed by atoms with Crippen LogP contribution in [0.5, 0.6) is 5.75 Å². The van der Waals surface area contributed by atoms with E-state index in [1.165, 1.54) is 11.1 Å². The topological polar surface area (TPSA) is 55.4 Å². The van der Waals surface area contributed by atoms with Gasteiger partial charge in [-0.3, -0.25) is 14.9 Å². The second-order valence-electron chi connectivity index (χ2n) is 5.82. The molecule has 1 unspecified atom stereocenters. The van der Waals surface area contributed by atoms with E-state index < -0.39 is 0 Å². The van der Waals surface area contributed by atoms with Gasteiger partial charge in [-0.1, -0.05) is 53.7 Å². The molecule has 1 aliphatic heterocycles. The largest absolute Gasteiger partial charge is 0.493 e. The minimum absolute atomic E-state index is 0.205. The van der Waals surface area contributed by atoms with Crippen LogP contribution in [0.25, 0.3) is 0 Å². The van der Waals surface area contributed by atoms with E-state index >= 15 is 0 Å². The molecule has 1 atom stereocenters. The predicted octanol–water partition coefficient (Wildman–Crippen LogP) is 3.51. The van der Waals surface area contributed by atoms with Crippen molar-refractivity contribution in [1.29, 1.82) is 0 Å². The van der Waals surface area contributed by atoms with Gasteiger partial charge in [-0.05, 0) is 36.6 Å². The van der Waals surface area contributed by atoms with E-state index in [1.54, 1.807) is 0 Å². The molecule has 4 nitrogen and oxygen atoms in total. The summed E-state index contributed by atoms with van der Waals surface area (Å²) in [6, 6.07) is 16.1. The van der Waals surface area contributed by atoms with Crippen molar-refractivity contribution in [2.24, 2.45) is 0 Å². The molecule has 0 aliphatic carbocycles. The number of thioether (sulfide) groups is 1. The summed E-state index contributed by atoms with van der Waals surface area (Å²) in [7, 11) is 0. The molecular formula is C19H19NO3S. The number of carbonyl (C=O) groups is 2. The SMILES string of the molecule is Cc1cccc(CCOc2ccc(CC3SC(=O)NC3=O)cc2)c1. The molecule has 124 valence electrons. The second-order valence-corrected chi connectivity index (χ2v) is 6.99. The van der Waals surface area contributed by atoms with Crippen LogP contribution in [0, 0.1) is 6.92 Å². The van der Waals surface area contributed by atoms with Gasteiger partial charge in [0.1, 0.15) is 5.75 Å². The number of ether oxygens (including phenoxy) is 1. The first-order valence-corrected chi connectivity index (χ1v) is 8.77. The molecule has 1 aliphatic rings. The van der Waals surface area contributed by atoms with E-state index in [9.17, 15) is 9.59 Å². The van der Waals surface area contributed by atoms with Crippen molar-refractivity contribution >= 4 is 22.9 Å². The Kier molecular flexibility index (Phi) is 5.20. The molecule has 1 N–H and O–H groups in total. The molecule has 0 saturated carbocycles. The number of aryl methyl sites for hydroxylation is 1. The summed E-state index contributed by atoms with van der Waals surface area (Å²) < 4.78 is 5.77. The number of amides is 2. The van der Waals surface area contributed by atoms with Crippen molar-refractivity contribution < 1.29 is 14.3 Å². The lowest BCUT2D eigenvalue weighted by Gasteiger charge is -2.09. The summed E-state index contributed by atoms with van der Waals surface area (Å²) in [5.74, 6) is 0.606. The van der Waals surface area contributed by atoms with Gasteiger partial charge in [0.15, 0.2) is 0 Å². The Hall–Kier alpha value is -2.27. The summed E-state index contributed by atoms with van der Waals surface area (Å²) in [4.78, 5) is 22.8. The van der Waals surface area contributed by atoms with Crippen molar-refractivity contribution in [2.45, 2.75) is 25.0 Å². The first-order chi connectivity index (χ1) is 11.6. The lowest BCUT2D eigenvalue weighted by atomic mass is 10.1. The van der Waals surface area contributed by atoms with Gasteiger partial charge in [-0.2, -0.15) is 0 Å². The summed E-state index contributed by atoms with van der Waals surface area (Å²) in [5, 5.41) is 1.72. The van der Waals surface area contributed by atoms with Crippen molar-refractivity contribution in [2.75, 3.05) is 6.61 Å². The fourth-order valence-electron chi connectivity index (χ4n) is 2.62. The lowest BCUT2D eigenvalue weighted by molar-refractivity contribution is -0.118. The van der Waals surface area contributed by atoms with Crippen LogP contribution in [-0.4, -0.2) is 23.0 Å². The molecule has 2 amide bonds. The maximum atomic E-state index is 11.6. The molecule has 1 fully saturated rings. The Labute approximate surface area is 145 Å². The van der Waals surface area contributed by atoms with Crippen molar-refractivity contribution in [1.82, 2.24) is 5.32 Å². The first kappa shape index (κ1) is 16.6. The molecule has 0 spiro atoms. The van der Waals surface area contributed by atoms with Gasteiger partial charge >= 0.3 is 0 Å². The molecule has 1 saturated heterocycles. The highest BCUT2D eigenvalue weighted by Crippen LogP contribution is 2.23. The third-order valence-corrected chi connectivity index (χ3v) is 4.83. The smallest absolute Gasteiger partial charge is 0.286 e. The molecular weight excluding hydrogens is 322 g/mol. The lowest BCUT2D eigenvalue weighted by Crippen LogP contribution is -2.25. The third kappa shape index (κ3) is 4.38. The van der Waals surface area contributed by atoms with Gasteiger partial charge in [0.2, 0.25) is 5.91 Å². The zero-order valence-corrected chi connectivity index (χ0v) is 14.3. The van der Waals surface area contributed by atoms with Crippen LogP contribution < -0.4 is 10.1 Å². The predicted molar refractivity (Wildman–Crippen MR) is 95.4 cm³/mol. The zero-order valence-electron chi connectivity index (χ0n) is 13.5. The maximum absolute atomic E-state index is 11.6. The zero-order chi connectivity index (χ0) is 16.9. The van der Waals surface area contributed by atoms with E-state index in [4.69, 9.17) is 4.74 Å². The Morgan fingerprint density at radius 3 is 2.54 bits per heavy atom. The molecule has 1 heterocycles. The number of benzene rings is 2. The summed E-state index contributed by atoms with van der Waals surface area (Å²) in [6.07, 6.45) is 1.41. The minimum Gasteiger partial charge on any atom is -0.493 e. The van der Waals surface area contributed by atoms with E-state index in [2.05, 4.69) is 36.5 Å². The Balaban J connectivity index is 1.49. The van der Waals surface area contributed by atoms with Gasteiger partial charge in [-0.25, -0.2) is 0 Å². The maximum Gasteiger partial charge on any atom is 0.286 e. The second kappa shape index (κ2) is 7.53. The minimum atomic E-state index is -0.328. The molecule has 2 aromatic rings. The number of carbonyl (C=O) groups excluding carboxylic acids is 2. The van der Waals surface area contributed by atoms with Crippen LogP contribution in [0.15, 0.2) is 48.5 Å². The van der Waals surface area contributed by atoms with Crippen LogP contribution in [0.1, 0.15) is 16.7 Å². The fourth-order valence-corrected chi connectivity index (χ4v) is 3.48. The first-order valence-electron chi connectivity index (χ1n) is 7.89. The molecule has 24 heavy (non-hydrogen) atoms. The quantitative estimate of drug-likeness (QED) is 0.873. The molecule has 0 bridgehead atoms. The third-order valence-electron chi connectivity index (χ3n) is 3.85. The van der Waals surface area contributed by atoms with E-state index in [0.717, 1.165) is 29.5 Å². The number of rotatable bonds is 6. The van der Waals surface area contributed by atoms with Crippen molar-refractivity contribution in [3.63, 3.8) is 0 Å². The Morgan fingerprint density at radius 1 is 1.08 bits per heavy atom. The summed E-state index contributed by atoms with van der Waals surface area (Å²) in [5.41, 5.74) is 3.54. The van der Waals surface area contributed by atoms with E-state index in [1.807, 2.05) is 24.3 Å². The molecule has 0 radical (unpaired) electrons. The standard InChI is InChI=1S/C19H19NO3S/c1-13-3-2-4-14(11-13)9-10-23-16-7-5-15(6-8-16)12-17-18(21)20-19(22)24-17/h2-8,11,17H,9-10,12H2,1H3,(H,20,21,22). The van der Waals surface area contributed by atoms with Gasteiger partial charge < -0.3 is 4.74 Å². The van der Waals surface area contributed by atoms with E-state index in [0.29, 0.717) is 13.0 Å². The monoisotopic (exact) mass is 341 g/mol. The number of hydrogen-bond donors (Lipinski definition) is 1. The number of nitrogens with one attached hydrogen (secondary N) is 1. The Bertz CT molecular complexity index is 743. The van der Waals surface area contributed by atoms with Crippen molar-refractivity contribution in [3.8, 4) is 5.75 Å². The fraction of sp³-hybridized carbons (Fsp3) is 0.263. The highest BCUT2D eigenvalue weighted by molar-refractivity contribution is 8.15. The highest BCUT2D eigenvalue weighted by Gasteiger charge is 2.31. The van der Waals surface area contributed by atoms with Crippen LogP contribution in [-0.2, 0) is 17.6 Å².